The van der Waals surface area contributed by atoms with Crippen molar-refractivity contribution in [2.24, 2.45) is 0 Å². The monoisotopic (exact) mass is 406 g/mol. The first-order chi connectivity index (χ1) is 13.0. The summed E-state index contributed by atoms with van der Waals surface area (Å²) in [5.41, 5.74) is 1.38. The standard InChI is InChI=1S/C19H19ClN2O4S/c1-2-21-19(25)22-17(23)11-26-18(24)14-5-3-13(4-6-14)12-27-16-9-7-15(20)8-10-16/h3-10H,2,11-12H2,1H3,(H2,21,22,23,25). The second-order valence-electron chi connectivity index (χ2n) is 5.42. The molecule has 6 nitrogen and oxygen atoms in total. The Morgan fingerprint density at radius 2 is 1.70 bits per heavy atom. The Hall–Kier alpha value is -2.51. The average Bonchev–Trinajstić information content (AvgIpc) is 2.66. The van der Waals surface area contributed by atoms with Gasteiger partial charge in [0.1, 0.15) is 0 Å². The van der Waals surface area contributed by atoms with Gasteiger partial charge in [-0.2, -0.15) is 0 Å². The van der Waals surface area contributed by atoms with Gasteiger partial charge in [0.05, 0.1) is 5.56 Å². The summed E-state index contributed by atoms with van der Waals surface area (Å²) in [7, 11) is 0. The number of imide groups is 1. The molecule has 0 aliphatic heterocycles. The van der Waals surface area contributed by atoms with Crippen LogP contribution in [0.25, 0.3) is 0 Å². The van der Waals surface area contributed by atoms with Crippen molar-refractivity contribution >= 4 is 41.3 Å². The van der Waals surface area contributed by atoms with Crippen LogP contribution in [0.1, 0.15) is 22.8 Å². The maximum atomic E-state index is 12.0. The van der Waals surface area contributed by atoms with Gasteiger partial charge in [-0.05, 0) is 48.9 Å². The van der Waals surface area contributed by atoms with Crippen LogP contribution in [-0.4, -0.2) is 31.1 Å². The normalized spacial score (nSPS) is 10.1. The number of hydrogen-bond acceptors (Lipinski definition) is 5. The van der Waals surface area contributed by atoms with Crippen molar-refractivity contribution in [3.05, 3.63) is 64.7 Å². The molecule has 0 unspecified atom stereocenters. The molecule has 0 spiro atoms. The Morgan fingerprint density at radius 1 is 1.04 bits per heavy atom. The Morgan fingerprint density at radius 3 is 2.33 bits per heavy atom. The number of amides is 3. The maximum absolute atomic E-state index is 12.0. The molecule has 2 N–H and O–H groups in total. The average molecular weight is 407 g/mol. The molecule has 27 heavy (non-hydrogen) atoms. The van der Waals surface area contributed by atoms with Gasteiger partial charge in [-0.3, -0.25) is 10.1 Å². The maximum Gasteiger partial charge on any atom is 0.338 e. The molecular formula is C19H19ClN2O4S. The third-order valence-electron chi connectivity index (χ3n) is 3.33. The van der Waals surface area contributed by atoms with Gasteiger partial charge < -0.3 is 10.1 Å². The van der Waals surface area contributed by atoms with E-state index in [1.54, 1.807) is 30.8 Å². The summed E-state index contributed by atoms with van der Waals surface area (Å²) < 4.78 is 4.90. The highest BCUT2D eigenvalue weighted by atomic mass is 35.5. The minimum absolute atomic E-state index is 0.334. The number of nitrogens with one attached hydrogen (secondary N) is 2. The molecule has 2 aromatic rings. The van der Waals surface area contributed by atoms with Crippen molar-refractivity contribution in [1.82, 2.24) is 10.6 Å². The minimum atomic E-state index is -0.690. The molecule has 0 radical (unpaired) electrons. The predicted octanol–water partition coefficient (Wildman–Crippen LogP) is 3.63. The number of halogens is 1. The largest absolute Gasteiger partial charge is 0.452 e. The lowest BCUT2D eigenvalue weighted by molar-refractivity contribution is -0.123. The molecule has 142 valence electrons. The van der Waals surface area contributed by atoms with Gasteiger partial charge in [-0.25, -0.2) is 9.59 Å². The number of rotatable bonds is 7. The highest BCUT2D eigenvalue weighted by molar-refractivity contribution is 7.98. The van der Waals surface area contributed by atoms with Crippen LogP contribution in [0, 0.1) is 0 Å². The Balaban J connectivity index is 1.79. The van der Waals surface area contributed by atoms with Crippen LogP contribution in [-0.2, 0) is 15.3 Å². The van der Waals surface area contributed by atoms with Crippen molar-refractivity contribution in [3.8, 4) is 0 Å². The summed E-state index contributed by atoms with van der Waals surface area (Å²) in [5.74, 6) is -0.574. The molecule has 0 aliphatic carbocycles. The summed E-state index contributed by atoms with van der Waals surface area (Å²) in [6.07, 6.45) is 0. The molecule has 0 saturated carbocycles. The Bertz CT molecular complexity index is 794. The molecule has 0 aliphatic rings. The zero-order valence-electron chi connectivity index (χ0n) is 14.7. The fourth-order valence-corrected chi connectivity index (χ4v) is 3.00. The molecule has 2 aromatic carbocycles. The van der Waals surface area contributed by atoms with E-state index in [4.69, 9.17) is 16.3 Å². The lowest BCUT2D eigenvalue weighted by atomic mass is 10.1. The highest BCUT2D eigenvalue weighted by Crippen LogP contribution is 2.24. The topological polar surface area (TPSA) is 84.5 Å². The van der Waals surface area contributed by atoms with Gasteiger partial charge in [0.25, 0.3) is 5.91 Å². The van der Waals surface area contributed by atoms with Crippen LogP contribution in [0.3, 0.4) is 0 Å². The third-order valence-corrected chi connectivity index (χ3v) is 4.67. The van der Waals surface area contributed by atoms with Gasteiger partial charge in [-0.1, -0.05) is 23.7 Å². The molecule has 0 heterocycles. The number of carbonyl (C=O) groups is 3. The fraction of sp³-hybridized carbons (Fsp3) is 0.211. The summed E-state index contributed by atoms with van der Waals surface area (Å²) in [6.45, 7) is 1.59. The van der Waals surface area contributed by atoms with E-state index < -0.39 is 24.5 Å². The SMILES string of the molecule is CCNC(=O)NC(=O)COC(=O)c1ccc(CSc2ccc(Cl)cc2)cc1. The third kappa shape index (κ3) is 7.32. The summed E-state index contributed by atoms with van der Waals surface area (Å²) in [4.78, 5) is 35.8. The molecule has 0 saturated heterocycles. The molecule has 2 rings (SSSR count). The quantitative estimate of drug-likeness (QED) is 0.541. The minimum Gasteiger partial charge on any atom is -0.452 e. The molecule has 3 amide bonds. The van der Waals surface area contributed by atoms with Crippen LogP contribution >= 0.6 is 23.4 Å². The molecule has 8 heteroatoms. The lowest BCUT2D eigenvalue weighted by Crippen LogP contribution is -2.41. The van der Waals surface area contributed by atoms with Gasteiger partial charge in [0.15, 0.2) is 6.61 Å². The van der Waals surface area contributed by atoms with E-state index >= 15 is 0 Å². The van der Waals surface area contributed by atoms with Crippen molar-refractivity contribution in [2.45, 2.75) is 17.6 Å². The van der Waals surface area contributed by atoms with Crippen LogP contribution in [0.5, 0.6) is 0 Å². The first-order valence-corrected chi connectivity index (χ1v) is 9.56. The van der Waals surface area contributed by atoms with Gasteiger partial charge >= 0.3 is 12.0 Å². The molecule has 0 bridgehead atoms. The Labute approximate surface area is 166 Å². The lowest BCUT2D eigenvalue weighted by Gasteiger charge is -2.07. The zero-order chi connectivity index (χ0) is 19.6. The number of benzene rings is 2. The highest BCUT2D eigenvalue weighted by Gasteiger charge is 2.12. The molecule has 0 fully saturated rings. The number of esters is 1. The van der Waals surface area contributed by atoms with E-state index in [1.165, 1.54) is 0 Å². The second kappa shape index (κ2) is 10.6. The zero-order valence-corrected chi connectivity index (χ0v) is 16.2. The number of hydrogen-bond donors (Lipinski definition) is 2. The van der Waals surface area contributed by atoms with E-state index in [2.05, 4.69) is 10.6 Å². The van der Waals surface area contributed by atoms with Crippen molar-refractivity contribution in [3.63, 3.8) is 0 Å². The van der Waals surface area contributed by atoms with Crippen LogP contribution in [0.4, 0.5) is 4.79 Å². The second-order valence-corrected chi connectivity index (χ2v) is 6.91. The first-order valence-electron chi connectivity index (χ1n) is 8.20. The number of thioether (sulfide) groups is 1. The fourth-order valence-electron chi connectivity index (χ4n) is 2.02. The number of ether oxygens (including phenoxy) is 1. The van der Waals surface area contributed by atoms with E-state index in [1.807, 2.05) is 36.4 Å². The van der Waals surface area contributed by atoms with Crippen molar-refractivity contribution < 1.29 is 19.1 Å². The van der Waals surface area contributed by atoms with Gasteiger partial charge in [0.2, 0.25) is 0 Å². The smallest absolute Gasteiger partial charge is 0.338 e. The van der Waals surface area contributed by atoms with E-state index in [0.717, 1.165) is 16.2 Å². The predicted molar refractivity (Wildman–Crippen MR) is 105 cm³/mol. The van der Waals surface area contributed by atoms with Gasteiger partial charge in [-0.15, -0.1) is 11.8 Å². The van der Waals surface area contributed by atoms with E-state index in [0.29, 0.717) is 17.1 Å². The first kappa shape index (κ1) is 20.8. The van der Waals surface area contributed by atoms with Crippen LogP contribution in [0.2, 0.25) is 5.02 Å². The molecule has 0 aromatic heterocycles. The number of urea groups is 1. The van der Waals surface area contributed by atoms with E-state index in [-0.39, 0.29) is 0 Å². The Kier molecular flexibility index (Phi) is 8.16. The van der Waals surface area contributed by atoms with Crippen LogP contribution in [0.15, 0.2) is 53.4 Å². The summed E-state index contributed by atoms with van der Waals surface area (Å²) in [6, 6.07) is 13.9. The number of carbonyl (C=O) groups excluding carboxylic acids is 3. The van der Waals surface area contributed by atoms with Gasteiger partial charge in [0, 0.05) is 22.2 Å². The molecule has 0 atom stereocenters. The molecular weight excluding hydrogens is 388 g/mol. The summed E-state index contributed by atoms with van der Waals surface area (Å²) >= 11 is 7.52. The van der Waals surface area contributed by atoms with Crippen LogP contribution < -0.4 is 10.6 Å². The van der Waals surface area contributed by atoms with Crippen molar-refractivity contribution in [2.75, 3.05) is 13.2 Å². The summed E-state index contributed by atoms with van der Waals surface area (Å²) in [5, 5.41) is 5.16. The van der Waals surface area contributed by atoms with E-state index in [9.17, 15) is 14.4 Å². The van der Waals surface area contributed by atoms with Crippen molar-refractivity contribution in [1.29, 1.82) is 0 Å².